The number of nitrogens with one attached hydrogen (secondary N) is 2. The summed E-state index contributed by atoms with van der Waals surface area (Å²) in [5.74, 6) is 0. The Morgan fingerprint density at radius 3 is 0.846 bits per heavy atom. The lowest BCUT2D eigenvalue weighted by Crippen LogP contribution is -2.51. The van der Waals surface area contributed by atoms with Crippen LogP contribution in [0.3, 0.4) is 0 Å². The molecule has 0 aromatic rings. The monoisotopic (exact) mass is 738 g/mol. The zero-order valence-electron chi connectivity index (χ0n) is 38.1. The van der Waals surface area contributed by atoms with Gasteiger partial charge in [-0.25, -0.2) is 0 Å². The topological polar surface area (TPSA) is 49.5 Å². The zero-order chi connectivity index (χ0) is 39.5. The van der Waals surface area contributed by atoms with Gasteiger partial charge < -0.3 is 15.4 Å². The summed E-state index contributed by atoms with van der Waals surface area (Å²) in [5, 5.41) is 6.75. The average Bonchev–Trinajstić information content (AvgIpc) is 3.53. The van der Waals surface area contributed by atoms with Gasteiger partial charge in [-0.15, -0.1) is 0 Å². The highest BCUT2D eigenvalue weighted by molar-refractivity contribution is 4.82. The van der Waals surface area contributed by atoms with Crippen LogP contribution in [0, 0.1) is 0 Å². The zero-order valence-corrected chi connectivity index (χ0v) is 38.1. The minimum absolute atomic E-state index is 0.323. The van der Waals surface area contributed by atoms with Gasteiger partial charge in [-0.2, -0.15) is 0 Å². The summed E-state index contributed by atoms with van der Waals surface area (Å²) >= 11 is 0. The van der Waals surface area contributed by atoms with E-state index in [0.29, 0.717) is 27.7 Å². The standard InChI is InChI=1S/C10H21N.C9H20N2.C9H19N.C8H18N2.C8H17NO/c1-10(2,3)11-8-6-4-5-7-9-11;1-9(2,3)11-7-4-5-10-6-8-11;1-9(2,3)10-7-5-4-6-8-10;1-8(2,3)10-6-4-9-5-7-10;1-8(2,3)9-4-6-10-7-5-9/h4-9H2,1-3H3;10H,4-8H2,1-3H3;4-8H2,1-3H3;9H,4-7H2,1-3H3;4-7H2,1-3H3. The fraction of sp³-hybridized carbons (Fsp3) is 1.00. The number of rotatable bonds is 0. The van der Waals surface area contributed by atoms with Crippen LogP contribution in [0.15, 0.2) is 0 Å². The first-order valence-corrected chi connectivity index (χ1v) is 21.8. The molecule has 0 saturated carbocycles. The average molecular weight is 738 g/mol. The van der Waals surface area contributed by atoms with Gasteiger partial charge in [0.2, 0.25) is 0 Å². The fourth-order valence-corrected chi connectivity index (χ4v) is 7.39. The number of ether oxygens (including phenoxy) is 1. The van der Waals surface area contributed by atoms with E-state index in [1.807, 2.05) is 0 Å². The molecule has 0 bridgehead atoms. The van der Waals surface area contributed by atoms with Crippen molar-refractivity contribution >= 4 is 0 Å². The molecule has 0 radical (unpaired) electrons. The molecule has 8 nitrogen and oxygen atoms in total. The van der Waals surface area contributed by atoms with E-state index in [2.05, 4.69) is 139 Å². The Hall–Kier alpha value is -0.320. The Balaban J connectivity index is 0.000000325. The van der Waals surface area contributed by atoms with Crippen LogP contribution in [0.5, 0.6) is 0 Å². The molecular weight excluding hydrogens is 643 g/mol. The molecule has 5 aliphatic heterocycles. The van der Waals surface area contributed by atoms with Gasteiger partial charge in [-0.1, -0.05) is 19.3 Å². The Morgan fingerprint density at radius 2 is 0.538 bits per heavy atom. The number of hydrogen-bond donors (Lipinski definition) is 2. The summed E-state index contributed by atoms with van der Waals surface area (Å²) in [6.45, 7) is 53.0. The van der Waals surface area contributed by atoms with Crippen LogP contribution >= 0.6 is 0 Å². The SMILES string of the molecule is CC(C)(C)N1CCCCC1.CC(C)(C)N1CCCCCC1.CC(C)(C)N1CCCNCC1.CC(C)(C)N1CCNCC1.CC(C)(C)N1CCOCC1. The molecule has 312 valence electrons. The number of piperidine rings is 1. The quantitative estimate of drug-likeness (QED) is 0.261. The van der Waals surface area contributed by atoms with Crippen molar-refractivity contribution in [2.45, 2.75) is 183 Å². The van der Waals surface area contributed by atoms with E-state index in [0.717, 1.165) is 45.9 Å². The van der Waals surface area contributed by atoms with Crippen LogP contribution in [0.2, 0.25) is 0 Å². The third-order valence-electron chi connectivity index (χ3n) is 11.2. The normalized spacial score (nSPS) is 23.1. The summed E-state index contributed by atoms with van der Waals surface area (Å²) in [6.07, 6.45) is 11.2. The third kappa shape index (κ3) is 22.9. The highest BCUT2D eigenvalue weighted by atomic mass is 16.5. The molecule has 5 heterocycles. The van der Waals surface area contributed by atoms with E-state index < -0.39 is 0 Å². The lowest BCUT2D eigenvalue weighted by Gasteiger charge is -2.38. The van der Waals surface area contributed by atoms with Crippen LogP contribution in [0.1, 0.15) is 155 Å². The van der Waals surface area contributed by atoms with Gasteiger partial charge in [0.1, 0.15) is 0 Å². The molecule has 5 rings (SSSR count). The van der Waals surface area contributed by atoms with Crippen molar-refractivity contribution in [1.82, 2.24) is 35.1 Å². The van der Waals surface area contributed by atoms with Gasteiger partial charge in [-0.3, -0.25) is 24.5 Å². The molecule has 0 spiro atoms. The number of nitrogens with zero attached hydrogens (tertiary/aromatic N) is 5. The van der Waals surface area contributed by atoms with Crippen molar-refractivity contribution in [2.75, 3.05) is 105 Å². The van der Waals surface area contributed by atoms with Crippen molar-refractivity contribution < 1.29 is 4.74 Å². The minimum Gasteiger partial charge on any atom is -0.379 e. The second kappa shape index (κ2) is 24.3. The van der Waals surface area contributed by atoms with Gasteiger partial charge in [0.15, 0.2) is 0 Å². The Bertz CT molecular complexity index is 747. The van der Waals surface area contributed by atoms with Crippen molar-refractivity contribution in [2.24, 2.45) is 0 Å². The predicted octanol–water partition coefficient (Wildman–Crippen LogP) is 7.82. The highest BCUT2D eigenvalue weighted by Gasteiger charge is 2.25. The fourth-order valence-electron chi connectivity index (χ4n) is 7.39. The molecule has 0 atom stereocenters. The molecule has 5 fully saturated rings. The van der Waals surface area contributed by atoms with Gasteiger partial charge in [-0.05, 0) is 175 Å². The maximum Gasteiger partial charge on any atom is 0.0594 e. The second-order valence-electron chi connectivity index (χ2n) is 20.7. The molecule has 2 N–H and O–H groups in total. The minimum atomic E-state index is 0.323. The first-order valence-electron chi connectivity index (χ1n) is 21.8. The van der Waals surface area contributed by atoms with Crippen molar-refractivity contribution in [3.05, 3.63) is 0 Å². The van der Waals surface area contributed by atoms with E-state index in [9.17, 15) is 0 Å². The molecule has 0 aromatic heterocycles. The number of hydrogen-bond acceptors (Lipinski definition) is 8. The molecule has 0 aliphatic carbocycles. The van der Waals surface area contributed by atoms with Crippen LogP contribution in [0.25, 0.3) is 0 Å². The summed E-state index contributed by atoms with van der Waals surface area (Å²) in [5.41, 5.74) is 1.84. The Labute approximate surface area is 326 Å². The lowest BCUT2D eigenvalue weighted by atomic mass is 10.0. The predicted molar refractivity (Wildman–Crippen MR) is 230 cm³/mol. The third-order valence-corrected chi connectivity index (χ3v) is 11.2. The van der Waals surface area contributed by atoms with E-state index >= 15 is 0 Å². The first-order chi connectivity index (χ1) is 24.0. The maximum atomic E-state index is 5.25. The molecular formula is C44H95N7O. The van der Waals surface area contributed by atoms with Crippen molar-refractivity contribution in [3.8, 4) is 0 Å². The molecule has 0 aromatic carbocycles. The molecule has 0 unspecified atom stereocenters. The second-order valence-corrected chi connectivity index (χ2v) is 20.7. The van der Waals surface area contributed by atoms with Crippen molar-refractivity contribution in [3.63, 3.8) is 0 Å². The smallest absolute Gasteiger partial charge is 0.0594 e. The molecule has 0 amide bonds. The Kier molecular flexibility index (Phi) is 23.3. The van der Waals surface area contributed by atoms with Crippen molar-refractivity contribution in [1.29, 1.82) is 0 Å². The van der Waals surface area contributed by atoms with Gasteiger partial charge in [0.05, 0.1) is 13.2 Å². The molecule has 8 heteroatoms. The van der Waals surface area contributed by atoms with E-state index in [1.165, 1.54) is 110 Å². The largest absolute Gasteiger partial charge is 0.379 e. The van der Waals surface area contributed by atoms with Crippen LogP contribution in [-0.4, -0.2) is 157 Å². The maximum absolute atomic E-state index is 5.25. The summed E-state index contributed by atoms with van der Waals surface area (Å²) in [7, 11) is 0. The molecule has 52 heavy (non-hydrogen) atoms. The van der Waals surface area contributed by atoms with E-state index in [1.54, 1.807) is 0 Å². The Morgan fingerprint density at radius 1 is 0.288 bits per heavy atom. The lowest BCUT2D eigenvalue weighted by molar-refractivity contribution is -0.00389. The van der Waals surface area contributed by atoms with E-state index in [-0.39, 0.29) is 0 Å². The molecule has 5 aliphatic rings. The van der Waals surface area contributed by atoms with Crippen LogP contribution in [-0.2, 0) is 4.74 Å². The van der Waals surface area contributed by atoms with Gasteiger partial charge >= 0.3 is 0 Å². The summed E-state index contributed by atoms with van der Waals surface area (Å²) < 4.78 is 5.25. The summed E-state index contributed by atoms with van der Waals surface area (Å²) in [6, 6.07) is 0. The van der Waals surface area contributed by atoms with Crippen LogP contribution < -0.4 is 10.6 Å². The van der Waals surface area contributed by atoms with Gasteiger partial charge in [0.25, 0.3) is 0 Å². The molecule has 5 saturated heterocycles. The van der Waals surface area contributed by atoms with Crippen LogP contribution in [0.4, 0.5) is 0 Å². The summed E-state index contributed by atoms with van der Waals surface area (Å²) in [4.78, 5) is 12.7. The number of likely N-dealkylation sites (tertiary alicyclic amines) is 2. The number of piperazine rings is 1. The van der Waals surface area contributed by atoms with Gasteiger partial charge in [0, 0.05) is 80.1 Å². The highest BCUT2D eigenvalue weighted by Crippen LogP contribution is 2.20. The van der Waals surface area contributed by atoms with E-state index in [4.69, 9.17) is 4.74 Å². The first kappa shape index (κ1) is 49.7. The number of morpholine rings is 1.